The summed E-state index contributed by atoms with van der Waals surface area (Å²) in [6, 6.07) is 4.43. The average molecular weight is 192 g/mol. The van der Waals surface area contributed by atoms with Crippen LogP contribution < -0.4 is 5.32 Å². The summed E-state index contributed by atoms with van der Waals surface area (Å²) in [6.07, 6.45) is 3.45. The largest absolute Gasteiger partial charge is 0.307 e. The SMILES string of the molecule is CCC(CC#N)NCc1ccn(C)n1. The maximum Gasteiger partial charge on any atom is 0.0762 e. The predicted octanol–water partition coefficient (Wildman–Crippen LogP) is 1.20. The molecule has 1 heterocycles. The van der Waals surface area contributed by atoms with E-state index in [1.54, 1.807) is 4.68 Å². The van der Waals surface area contributed by atoms with E-state index < -0.39 is 0 Å². The van der Waals surface area contributed by atoms with E-state index in [1.165, 1.54) is 0 Å². The first-order valence-corrected chi connectivity index (χ1v) is 4.85. The van der Waals surface area contributed by atoms with Crippen LogP contribution in [0.15, 0.2) is 12.3 Å². The molecule has 1 aromatic heterocycles. The van der Waals surface area contributed by atoms with Crippen molar-refractivity contribution in [3.63, 3.8) is 0 Å². The molecule has 4 heteroatoms. The van der Waals surface area contributed by atoms with E-state index in [9.17, 15) is 0 Å². The molecule has 0 aliphatic carbocycles. The third-order valence-corrected chi connectivity index (χ3v) is 2.17. The van der Waals surface area contributed by atoms with Gasteiger partial charge in [0.05, 0.1) is 18.2 Å². The first kappa shape index (κ1) is 10.7. The van der Waals surface area contributed by atoms with Gasteiger partial charge in [0.25, 0.3) is 0 Å². The molecule has 76 valence electrons. The number of nitriles is 1. The van der Waals surface area contributed by atoms with Gasteiger partial charge in [0.2, 0.25) is 0 Å². The molecular weight excluding hydrogens is 176 g/mol. The second-order valence-corrected chi connectivity index (χ2v) is 3.33. The van der Waals surface area contributed by atoms with Crippen LogP contribution in [0.5, 0.6) is 0 Å². The second kappa shape index (κ2) is 5.40. The average Bonchev–Trinajstić information content (AvgIpc) is 2.59. The van der Waals surface area contributed by atoms with E-state index in [1.807, 2.05) is 19.3 Å². The summed E-state index contributed by atoms with van der Waals surface area (Å²) in [7, 11) is 1.90. The lowest BCUT2D eigenvalue weighted by molar-refractivity contribution is 0.498. The Morgan fingerprint density at radius 1 is 1.71 bits per heavy atom. The molecule has 0 amide bonds. The minimum Gasteiger partial charge on any atom is -0.307 e. The zero-order valence-corrected chi connectivity index (χ0v) is 8.70. The fraction of sp³-hybridized carbons (Fsp3) is 0.600. The predicted molar refractivity (Wildman–Crippen MR) is 54.4 cm³/mol. The zero-order valence-electron chi connectivity index (χ0n) is 8.70. The summed E-state index contributed by atoms with van der Waals surface area (Å²) in [5.41, 5.74) is 1.02. The van der Waals surface area contributed by atoms with E-state index in [0.717, 1.165) is 18.7 Å². The Kier molecular flexibility index (Phi) is 4.14. The highest BCUT2D eigenvalue weighted by Gasteiger charge is 2.05. The fourth-order valence-corrected chi connectivity index (χ4v) is 1.28. The van der Waals surface area contributed by atoms with Crippen molar-refractivity contribution in [3.05, 3.63) is 18.0 Å². The molecule has 0 saturated carbocycles. The van der Waals surface area contributed by atoms with Gasteiger partial charge in [0.1, 0.15) is 0 Å². The topological polar surface area (TPSA) is 53.6 Å². The van der Waals surface area contributed by atoms with E-state index in [2.05, 4.69) is 23.4 Å². The Hall–Kier alpha value is -1.34. The molecule has 1 aromatic rings. The number of hydrogen-bond acceptors (Lipinski definition) is 3. The standard InChI is InChI=1S/C10H16N4/c1-3-9(4-6-11)12-8-10-5-7-14(2)13-10/h5,7,9,12H,3-4,8H2,1-2H3. The third kappa shape index (κ3) is 3.19. The Balaban J connectivity index is 2.36. The maximum atomic E-state index is 8.56. The summed E-state index contributed by atoms with van der Waals surface area (Å²) in [6.45, 7) is 2.81. The van der Waals surface area contributed by atoms with Gasteiger partial charge in [-0.05, 0) is 12.5 Å². The number of nitrogens with one attached hydrogen (secondary N) is 1. The second-order valence-electron chi connectivity index (χ2n) is 3.33. The normalized spacial score (nSPS) is 12.4. The highest BCUT2D eigenvalue weighted by atomic mass is 15.3. The van der Waals surface area contributed by atoms with Crippen molar-refractivity contribution in [1.29, 1.82) is 5.26 Å². The molecule has 14 heavy (non-hydrogen) atoms. The van der Waals surface area contributed by atoms with Gasteiger partial charge in [-0.1, -0.05) is 6.92 Å². The minimum atomic E-state index is 0.280. The van der Waals surface area contributed by atoms with Crippen molar-refractivity contribution >= 4 is 0 Å². The van der Waals surface area contributed by atoms with Crippen molar-refractivity contribution in [2.75, 3.05) is 0 Å². The lowest BCUT2D eigenvalue weighted by atomic mass is 10.1. The van der Waals surface area contributed by atoms with Crippen LogP contribution >= 0.6 is 0 Å². The van der Waals surface area contributed by atoms with Gasteiger partial charge in [-0.2, -0.15) is 10.4 Å². The smallest absolute Gasteiger partial charge is 0.0762 e. The molecule has 1 N–H and O–H groups in total. The van der Waals surface area contributed by atoms with Crippen molar-refractivity contribution < 1.29 is 0 Å². The highest BCUT2D eigenvalue weighted by molar-refractivity contribution is 4.98. The molecular formula is C10H16N4. The molecule has 1 unspecified atom stereocenters. The van der Waals surface area contributed by atoms with Crippen molar-refractivity contribution in [1.82, 2.24) is 15.1 Å². The van der Waals surface area contributed by atoms with E-state index >= 15 is 0 Å². The zero-order chi connectivity index (χ0) is 10.4. The summed E-state index contributed by atoms with van der Waals surface area (Å²) in [4.78, 5) is 0. The molecule has 0 aliphatic heterocycles. The number of aromatic nitrogens is 2. The summed E-state index contributed by atoms with van der Waals surface area (Å²) in [5.74, 6) is 0. The Morgan fingerprint density at radius 2 is 2.50 bits per heavy atom. The van der Waals surface area contributed by atoms with Crippen LogP contribution in [-0.2, 0) is 13.6 Å². The number of hydrogen-bond donors (Lipinski definition) is 1. The van der Waals surface area contributed by atoms with Crippen LogP contribution in [0, 0.1) is 11.3 Å². The monoisotopic (exact) mass is 192 g/mol. The molecule has 0 aromatic carbocycles. The molecule has 0 aliphatic rings. The molecule has 0 saturated heterocycles. The lowest BCUT2D eigenvalue weighted by Gasteiger charge is -2.11. The van der Waals surface area contributed by atoms with Crippen LogP contribution in [0.25, 0.3) is 0 Å². The van der Waals surface area contributed by atoms with Gasteiger partial charge in [-0.15, -0.1) is 0 Å². The number of nitrogens with zero attached hydrogens (tertiary/aromatic N) is 3. The van der Waals surface area contributed by atoms with Crippen LogP contribution in [0.3, 0.4) is 0 Å². The molecule has 1 rings (SSSR count). The summed E-state index contributed by atoms with van der Waals surface area (Å²) < 4.78 is 1.78. The Bertz CT molecular complexity index is 310. The summed E-state index contributed by atoms with van der Waals surface area (Å²) in [5, 5.41) is 16.1. The van der Waals surface area contributed by atoms with Crippen LogP contribution in [0.2, 0.25) is 0 Å². The van der Waals surface area contributed by atoms with Gasteiger partial charge < -0.3 is 5.32 Å². The van der Waals surface area contributed by atoms with Crippen LogP contribution in [0.1, 0.15) is 25.5 Å². The van der Waals surface area contributed by atoms with Crippen molar-refractivity contribution in [2.45, 2.75) is 32.4 Å². The van der Waals surface area contributed by atoms with Crippen LogP contribution in [0.4, 0.5) is 0 Å². The van der Waals surface area contributed by atoms with E-state index in [4.69, 9.17) is 5.26 Å². The van der Waals surface area contributed by atoms with E-state index in [0.29, 0.717) is 6.42 Å². The highest BCUT2D eigenvalue weighted by Crippen LogP contribution is 1.99. The van der Waals surface area contributed by atoms with Gasteiger partial charge >= 0.3 is 0 Å². The quantitative estimate of drug-likeness (QED) is 0.762. The lowest BCUT2D eigenvalue weighted by Crippen LogP contribution is -2.27. The summed E-state index contributed by atoms with van der Waals surface area (Å²) >= 11 is 0. The van der Waals surface area contributed by atoms with Gasteiger partial charge in [0, 0.05) is 25.8 Å². The molecule has 4 nitrogen and oxygen atoms in total. The Morgan fingerprint density at radius 3 is 3.00 bits per heavy atom. The first-order valence-electron chi connectivity index (χ1n) is 4.85. The minimum absolute atomic E-state index is 0.280. The third-order valence-electron chi connectivity index (χ3n) is 2.17. The molecule has 0 bridgehead atoms. The van der Waals surface area contributed by atoms with E-state index in [-0.39, 0.29) is 6.04 Å². The molecule has 0 fully saturated rings. The molecule has 1 atom stereocenters. The fourth-order valence-electron chi connectivity index (χ4n) is 1.28. The van der Waals surface area contributed by atoms with Gasteiger partial charge in [-0.25, -0.2) is 0 Å². The molecule has 0 spiro atoms. The first-order chi connectivity index (χ1) is 6.76. The van der Waals surface area contributed by atoms with Crippen LogP contribution in [-0.4, -0.2) is 15.8 Å². The number of rotatable bonds is 5. The Labute approximate surface area is 84.5 Å². The number of aryl methyl sites for hydroxylation is 1. The molecule has 0 radical (unpaired) electrons. The maximum absolute atomic E-state index is 8.56. The van der Waals surface area contributed by atoms with Crippen molar-refractivity contribution in [3.8, 4) is 6.07 Å². The van der Waals surface area contributed by atoms with Crippen molar-refractivity contribution in [2.24, 2.45) is 7.05 Å². The van der Waals surface area contributed by atoms with Gasteiger partial charge in [0.15, 0.2) is 0 Å². The van der Waals surface area contributed by atoms with Gasteiger partial charge in [-0.3, -0.25) is 4.68 Å².